The van der Waals surface area contributed by atoms with E-state index in [1.165, 1.54) is 18.1 Å². The first-order valence-corrected chi connectivity index (χ1v) is 5.23. The molecule has 1 aromatic heterocycles. The number of hydrogen-bond acceptors (Lipinski definition) is 5. The molecule has 0 amide bonds. The number of aromatic nitrogens is 3. The van der Waals surface area contributed by atoms with Crippen LogP contribution in [0.25, 0.3) is 5.69 Å². The van der Waals surface area contributed by atoms with Crippen LogP contribution in [0.2, 0.25) is 5.02 Å². The Labute approximate surface area is 107 Å². The summed E-state index contributed by atoms with van der Waals surface area (Å²) in [7, 11) is 1.24. The molecule has 6 nitrogen and oxygen atoms in total. The van der Waals surface area contributed by atoms with Gasteiger partial charge in [-0.15, -0.1) is 5.10 Å². The van der Waals surface area contributed by atoms with Crippen molar-refractivity contribution in [3.05, 3.63) is 40.9 Å². The molecular formula is C11H7ClN4O2. The van der Waals surface area contributed by atoms with Crippen molar-refractivity contribution < 1.29 is 9.53 Å². The first kappa shape index (κ1) is 12.1. The van der Waals surface area contributed by atoms with Gasteiger partial charge in [0.15, 0.2) is 0 Å². The van der Waals surface area contributed by atoms with E-state index in [0.717, 1.165) is 0 Å². The summed E-state index contributed by atoms with van der Waals surface area (Å²) in [6.45, 7) is 0. The number of esters is 1. The summed E-state index contributed by atoms with van der Waals surface area (Å²) < 4.78 is 5.80. The maximum absolute atomic E-state index is 11.2. The lowest BCUT2D eigenvalue weighted by atomic mass is 10.2. The minimum absolute atomic E-state index is 0.0821. The molecule has 7 heteroatoms. The molecule has 0 radical (unpaired) electrons. The average Bonchev–Trinajstić information content (AvgIpc) is 2.87. The van der Waals surface area contributed by atoms with E-state index in [0.29, 0.717) is 16.3 Å². The number of carbonyl (C=O) groups is 1. The second-order valence-electron chi connectivity index (χ2n) is 3.28. The zero-order chi connectivity index (χ0) is 13.1. The van der Waals surface area contributed by atoms with E-state index in [-0.39, 0.29) is 5.82 Å². The molecule has 2 rings (SSSR count). The van der Waals surface area contributed by atoms with Crippen LogP contribution in [0.1, 0.15) is 16.2 Å². The van der Waals surface area contributed by atoms with Crippen LogP contribution in [0.15, 0.2) is 24.5 Å². The Hall–Kier alpha value is -2.39. The van der Waals surface area contributed by atoms with E-state index in [9.17, 15) is 4.79 Å². The fraction of sp³-hybridized carbons (Fsp3) is 0.0909. The molecule has 1 aromatic carbocycles. The molecule has 0 atom stereocenters. The van der Waals surface area contributed by atoms with Gasteiger partial charge in [-0.25, -0.2) is 14.5 Å². The molecular weight excluding hydrogens is 256 g/mol. The van der Waals surface area contributed by atoms with E-state index in [1.807, 2.05) is 6.07 Å². The third-order valence-corrected chi connectivity index (χ3v) is 2.42. The average molecular weight is 263 g/mol. The molecule has 0 saturated carbocycles. The van der Waals surface area contributed by atoms with Crippen molar-refractivity contribution in [2.75, 3.05) is 7.11 Å². The lowest BCUT2D eigenvalue weighted by Gasteiger charge is -2.03. The van der Waals surface area contributed by atoms with Crippen LogP contribution in [0.4, 0.5) is 0 Å². The molecule has 0 aliphatic heterocycles. The molecule has 0 aliphatic carbocycles. The number of ether oxygens (including phenoxy) is 1. The van der Waals surface area contributed by atoms with Crippen LogP contribution in [0.3, 0.4) is 0 Å². The quantitative estimate of drug-likeness (QED) is 0.768. The summed E-state index contributed by atoms with van der Waals surface area (Å²) >= 11 is 5.86. The van der Waals surface area contributed by atoms with Gasteiger partial charge in [-0.3, -0.25) is 0 Å². The van der Waals surface area contributed by atoms with E-state index in [1.54, 1.807) is 18.2 Å². The minimum atomic E-state index is -0.644. The summed E-state index contributed by atoms with van der Waals surface area (Å²) in [6.07, 6.45) is 1.32. The molecule has 2 aromatic rings. The Balaban J connectivity index is 2.49. The molecule has 1 heterocycles. The van der Waals surface area contributed by atoms with Crippen LogP contribution in [-0.4, -0.2) is 27.8 Å². The standard InChI is InChI=1S/C11H7ClN4O2/c1-18-11(17)10-14-6-16(15-10)9-4-8(12)3-2-7(9)5-13/h2-4,6H,1H3. The van der Waals surface area contributed by atoms with Gasteiger partial charge in [-0.05, 0) is 18.2 Å². The second-order valence-corrected chi connectivity index (χ2v) is 3.71. The summed E-state index contributed by atoms with van der Waals surface area (Å²) in [4.78, 5) is 15.0. The maximum Gasteiger partial charge on any atom is 0.377 e. The van der Waals surface area contributed by atoms with Crippen LogP contribution in [0, 0.1) is 11.3 Å². The molecule has 0 unspecified atom stereocenters. The van der Waals surface area contributed by atoms with E-state index < -0.39 is 5.97 Å². The number of nitrogens with zero attached hydrogens (tertiary/aromatic N) is 4. The molecule has 0 bridgehead atoms. The van der Waals surface area contributed by atoms with Crippen LogP contribution in [0.5, 0.6) is 0 Å². The Morgan fingerprint density at radius 2 is 2.33 bits per heavy atom. The van der Waals surface area contributed by atoms with Crippen LogP contribution < -0.4 is 0 Å². The smallest absolute Gasteiger partial charge is 0.377 e. The summed E-state index contributed by atoms with van der Waals surface area (Å²) in [5.74, 6) is -0.726. The normalized spacial score (nSPS) is 9.83. The van der Waals surface area contributed by atoms with Crippen LogP contribution in [-0.2, 0) is 4.74 Å². The second kappa shape index (κ2) is 4.85. The Kier molecular flexibility index (Phi) is 3.26. The highest BCUT2D eigenvalue weighted by Gasteiger charge is 2.13. The van der Waals surface area contributed by atoms with Gasteiger partial charge < -0.3 is 4.74 Å². The van der Waals surface area contributed by atoms with E-state index >= 15 is 0 Å². The maximum atomic E-state index is 11.2. The third kappa shape index (κ3) is 2.17. The SMILES string of the molecule is COC(=O)c1ncn(-c2cc(Cl)ccc2C#N)n1. The first-order valence-electron chi connectivity index (χ1n) is 4.85. The van der Waals surface area contributed by atoms with Crippen molar-refractivity contribution in [3.63, 3.8) is 0 Å². The zero-order valence-corrected chi connectivity index (χ0v) is 10.0. The van der Waals surface area contributed by atoms with Gasteiger partial charge in [0.1, 0.15) is 12.4 Å². The van der Waals surface area contributed by atoms with E-state index in [2.05, 4.69) is 14.8 Å². The van der Waals surface area contributed by atoms with Gasteiger partial charge in [-0.2, -0.15) is 5.26 Å². The number of benzene rings is 1. The molecule has 0 fully saturated rings. The summed E-state index contributed by atoms with van der Waals surface area (Å²) in [5.41, 5.74) is 0.827. The van der Waals surface area contributed by atoms with Gasteiger partial charge in [0.25, 0.3) is 5.82 Å². The van der Waals surface area contributed by atoms with Crippen molar-refractivity contribution in [1.82, 2.24) is 14.8 Å². The van der Waals surface area contributed by atoms with Crippen molar-refractivity contribution in [2.24, 2.45) is 0 Å². The van der Waals surface area contributed by atoms with Crippen molar-refractivity contribution in [2.45, 2.75) is 0 Å². The number of methoxy groups -OCH3 is 1. The fourth-order valence-corrected chi connectivity index (χ4v) is 1.52. The highest BCUT2D eigenvalue weighted by Crippen LogP contribution is 2.18. The van der Waals surface area contributed by atoms with Crippen molar-refractivity contribution >= 4 is 17.6 Å². The van der Waals surface area contributed by atoms with Crippen molar-refractivity contribution in [3.8, 4) is 11.8 Å². The number of nitriles is 1. The topological polar surface area (TPSA) is 80.8 Å². The van der Waals surface area contributed by atoms with Gasteiger partial charge in [0, 0.05) is 5.02 Å². The van der Waals surface area contributed by atoms with Gasteiger partial charge in [0.2, 0.25) is 0 Å². The highest BCUT2D eigenvalue weighted by molar-refractivity contribution is 6.30. The summed E-state index contributed by atoms with van der Waals surface area (Å²) in [5, 5.41) is 13.4. The molecule has 0 N–H and O–H groups in total. The third-order valence-electron chi connectivity index (χ3n) is 2.19. The summed E-state index contributed by atoms with van der Waals surface area (Å²) in [6, 6.07) is 6.74. The number of carbonyl (C=O) groups excluding carboxylic acids is 1. The van der Waals surface area contributed by atoms with Gasteiger partial charge >= 0.3 is 5.97 Å². The molecule has 0 saturated heterocycles. The predicted octanol–water partition coefficient (Wildman–Crippen LogP) is 1.58. The molecule has 90 valence electrons. The van der Waals surface area contributed by atoms with E-state index in [4.69, 9.17) is 16.9 Å². The predicted molar refractivity (Wildman–Crippen MR) is 62.4 cm³/mol. The molecule has 18 heavy (non-hydrogen) atoms. The lowest BCUT2D eigenvalue weighted by Crippen LogP contribution is -2.05. The number of rotatable bonds is 2. The Bertz CT molecular complexity index is 645. The highest BCUT2D eigenvalue weighted by atomic mass is 35.5. The number of halogens is 1. The van der Waals surface area contributed by atoms with Crippen molar-refractivity contribution in [1.29, 1.82) is 5.26 Å². The molecule has 0 aliphatic rings. The largest absolute Gasteiger partial charge is 0.463 e. The fourth-order valence-electron chi connectivity index (χ4n) is 1.35. The van der Waals surface area contributed by atoms with Gasteiger partial charge in [0.05, 0.1) is 18.4 Å². The van der Waals surface area contributed by atoms with Gasteiger partial charge in [-0.1, -0.05) is 11.6 Å². The minimum Gasteiger partial charge on any atom is -0.463 e. The molecule has 0 spiro atoms. The van der Waals surface area contributed by atoms with Crippen LogP contribution >= 0.6 is 11.6 Å². The Morgan fingerprint density at radius 3 is 3.00 bits per heavy atom. The monoisotopic (exact) mass is 262 g/mol. The number of hydrogen-bond donors (Lipinski definition) is 0. The Morgan fingerprint density at radius 1 is 1.56 bits per heavy atom. The first-order chi connectivity index (χ1) is 8.65. The zero-order valence-electron chi connectivity index (χ0n) is 9.29. The lowest BCUT2D eigenvalue weighted by molar-refractivity contribution is 0.0587.